The lowest BCUT2D eigenvalue weighted by Crippen LogP contribution is -2.41. The molecule has 1 N–H and O–H groups in total. The Morgan fingerprint density at radius 1 is 1.32 bits per heavy atom. The summed E-state index contributed by atoms with van der Waals surface area (Å²) in [4.78, 5) is 26.0. The van der Waals surface area contributed by atoms with Gasteiger partial charge in [0, 0.05) is 24.4 Å². The minimum absolute atomic E-state index is 0.158. The Balaban J connectivity index is 1.78. The molecule has 120 valence electrons. The van der Waals surface area contributed by atoms with E-state index < -0.39 is 5.97 Å². The van der Waals surface area contributed by atoms with Crippen LogP contribution in [-0.4, -0.2) is 40.7 Å². The molecule has 1 atom stereocenters. The molecular formula is C17H23NO3S. The van der Waals surface area contributed by atoms with Crippen LogP contribution < -0.4 is 0 Å². The third-order valence-corrected chi connectivity index (χ3v) is 5.02. The Morgan fingerprint density at radius 2 is 2.05 bits per heavy atom. The molecular weight excluding hydrogens is 298 g/mol. The third kappa shape index (κ3) is 5.37. The smallest absolute Gasteiger partial charge is 0.303 e. The topological polar surface area (TPSA) is 57.6 Å². The largest absolute Gasteiger partial charge is 0.481 e. The van der Waals surface area contributed by atoms with Crippen molar-refractivity contribution >= 4 is 23.6 Å². The number of nitrogens with zero attached hydrogens (tertiary/aromatic N) is 1. The maximum Gasteiger partial charge on any atom is 0.303 e. The highest BCUT2D eigenvalue weighted by molar-refractivity contribution is 8.00. The first-order valence-corrected chi connectivity index (χ1v) is 8.72. The summed E-state index contributed by atoms with van der Waals surface area (Å²) in [7, 11) is 0. The van der Waals surface area contributed by atoms with Gasteiger partial charge in [0.05, 0.1) is 5.75 Å². The molecule has 0 saturated carbocycles. The number of aryl methyl sites for hydroxylation is 1. The number of carboxylic acid groups (broad SMARTS) is 1. The molecule has 1 unspecified atom stereocenters. The van der Waals surface area contributed by atoms with Crippen LogP contribution in [0, 0.1) is 12.8 Å². The molecule has 1 aromatic carbocycles. The lowest BCUT2D eigenvalue weighted by molar-refractivity contribution is -0.137. The van der Waals surface area contributed by atoms with Gasteiger partial charge in [0.25, 0.3) is 0 Å². The van der Waals surface area contributed by atoms with Crippen molar-refractivity contribution in [3.8, 4) is 0 Å². The van der Waals surface area contributed by atoms with Crippen molar-refractivity contribution < 1.29 is 14.7 Å². The summed E-state index contributed by atoms with van der Waals surface area (Å²) >= 11 is 1.57. The van der Waals surface area contributed by atoms with Gasteiger partial charge in [-0.25, -0.2) is 0 Å². The summed E-state index contributed by atoms with van der Waals surface area (Å²) < 4.78 is 0. The summed E-state index contributed by atoms with van der Waals surface area (Å²) in [6.07, 6.45) is 2.88. The normalized spacial score (nSPS) is 18.2. The molecule has 0 aromatic heterocycles. The van der Waals surface area contributed by atoms with E-state index in [2.05, 4.69) is 12.1 Å². The third-order valence-electron chi connectivity index (χ3n) is 4.02. The van der Waals surface area contributed by atoms with Gasteiger partial charge < -0.3 is 10.0 Å². The number of piperidine rings is 1. The average Bonchev–Trinajstić information content (AvgIpc) is 2.52. The number of aliphatic carboxylic acids is 1. The van der Waals surface area contributed by atoms with Crippen LogP contribution in [0.25, 0.3) is 0 Å². The first-order valence-electron chi connectivity index (χ1n) is 7.73. The number of carbonyl (C=O) groups excluding carboxylic acids is 1. The zero-order valence-corrected chi connectivity index (χ0v) is 13.8. The molecule has 2 rings (SSSR count). The standard InChI is InChI=1S/C17H23NO3S/c1-13-4-7-15(8-5-13)22-12-16(19)18-10-2-3-14(11-18)6-9-17(20)21/h4-5,7-8,14H,2-3,6,9-12H2,1H3,(H,20,21). The number of carboxylic acids is 1. The SMILES string of the molecule is Cc1ccc(SCC(=O)N2CCCC(CCC(=O)O)C2)cc1. The van der Waals surface area contributed by atoms with Gasteiger partial charge in [0.1, 0.15) is 0 Å². The van der Waals surface area contributed by atoms with E-state index in [1.165, 1.54) is 5.56 Å². The molecule has 4 nitrogen and oxygen atoms in total. The molecule has 5 heteroatoms. The van der Waals surface area contributed by atoms with Crippen LogP contribution in [0.5, 0.6) is 0 Å². The molecule has 0 bridgehead atoms. The van der Waals surface area contributed by atoms with Crippen LogP contribution in [0.2, 0.25) is 0 Å². The summed E-state index contributed by atoms with van der Waals surface area (Å²) in [5, 5.41) is 8.77. The second kappa shape index (κ2) is 8.22. The summed E-state index contributed by atoms with van der Waals surface area (Å²) in [6, 6.07) is 8.18. The van der Waals surface area contributed by atoms with Gasteiger partial charge in [-0.05, 0) is 44.2 Å². The van der Waals surface area contributed by atoms with Crippen molar-refractivity contribution in [3.05, 3.63) is 29.8 Å². The second-order valence-electron chi connectivity index (χ2n) is 5.88. The summed E-state index contributed by atoms with van der Waals surface area (Å²) in [5.41, 5.74) is 1.22. The summed E-state index contributed by atoms with van der Waals surface area (Å²) in [6.45, 7) is 3.56. The van der Waals surface area contributed by atoms with E-state index >= 15 is 0 Å². The molecule has 1 aromatic rings. The molecule has 0 radical (unpaired) electrons. The highest BCUT2D eigenvalue weighted by atomic mass is 32.2. The Kier molecular flexibility index (Phi) is 6.31. The Labute approximate surface area is 135 Å². The number of hydrogen-bond donors (Lipinski definition) is 1. The van der Waals surface area contributed by atoms with E-state index in [9.17, 15) is 9.59 Å². The fourth-order valence-electron chi connectivity index (χ4n) is 2.73. The molecule has 1 fully saturated rings. The minimum atomic E-state index is -0.752. The Hall–Kier alpha value is -1.49. The van der Waals surface area contributed by atoms with Crippen molar-refractivity contribution in [1.29, 1.82) is 0 Å². The van der Waals surface area contributed by atoms with E-state index in [0.29, 0.717) is 24.6 Å². The van der Waals surface area contributed by atoms with E-state index in [1.807, 2.05) is 24.0 Å². The van der Waals surface area contributed by atoms with Crippen LogP contribution in [-0.2, 0) is 9.59 Å². The van der Waals surface area contributed by atoms with Crippen LogP contribution in [0.3, 0.4) is 0 Å². The zero-order chi connectivity index (χ0) is 15.9. The highest BCUT2D eigenvalue weighted by Crippen LogP contribution is 2.23. The molecule has 0 aliphatic carbocycles. The molecule has 0 spiro atoms. The fourth-order valence-corrected chi connectivity index (χ4v) is 3.53. The number of rotatable bonds is 6. The number of amides is 1. The predicted molar refractivity (Wildman–Crippen MR) is 88.1 cm³/mol. The predicted octanol–water partition coefficient (Wildman–Crippen LogP) is 3.19. The van der Waals surface area contributed by atoms with Crippen molar-refractivity contribution in [2.45, 2.75) is 37.5 Å². The maximum atomic E-state index is 12.3. The van der Waals surface area contributed by atoms with Gasteiger partial charge in [0.15, 0.2) is 0 Å². The lowest BCUT2D eigenvalue weighted by atomic mass is 9.93. The Morgan fingerprint density at radius 3 is 2.73 bits per heavy atom. The van der Waals surface area contributed by atoms with Gasteiger partial charge in [-0.1, -0.05) is 17.7 Å². The number of hydrogen-bond acceptors (Lipinski definition) is 3. The quantitative estimate of drug-likeness (QED) is 0.818. The van der Waals surface area contributed by atoms with Crippen LogP contribution in [0.1, 0.15) is 31.2 Å². The molecule has 1 aliphatic heterocycles. The molecule has 1 saturated heterocycles. The van der Waals surface area contributed by atoms with Crippen LogP contribution >= 0.6 is 11.8 Å². The van der Waals surface area contributed by atoms with Gasteiger partial charge in [-0.3, -0.25) is 9.59 Å². The highest BCUT2D eigenvalue weighted by Gasteiger charge is 2.23. The van der Waals surface area contributed by atoms with Crippen LogP contribution in [0.15, 0.2) is 29.2 Å². The van der Waals surface area contributed by atoms with E-state index in [0.717, 1.165) is 24.3 Å². The first kappa shape index (κ1) is 16.9. The monoisotopic (exact) mass is 321 g/mol. The van der Waals surface area contributed by atoms with Crippen molar-refractivity contribution in [2.75, 3.05) is 18.8 Å². The van der Waals surface area contributed by atoms with E-state index in [1.54, 1.807) is 11.8 Å². The second-order valence-corrected chi connectivity index (χ2v) is 6.93. The zero-order valence-electron chi connectivity index (χ0n) is 13.0. The summed E-state index contributed by atoms with van der Waals surface area (Å²) in [5.74, 6) is 0.191. The number of likely N-dealkylation sites (tertiary alicyclic amines) is 1. The number of benzene rings is 1. The van der Waals surface area contributed by atoms with Crippen molar-refractivity contribution in [3.63, 3.8) is 0 Å². The van der Waals surface area contributed by atoms with Gasteiger partial charge in [-0.2, -0.15) is 0 Å². The average molecular weight is 321 g/mol. The van der Waals surface area contributed by atoms with E-state index in [-0.39, 0.29) is 12.3 Å². The molecule has 1 heterocycles. The number of thioether (sulfide) groups is 1. The van der Waals surface area contributed by atoms with Gasteiger partial charge >= 0.3 is 5.97 Å². The maximum absolute atomic E-state index is 12.3. The molecule has 22 heavy (non-hydrogen) atoms. The molecule has 1 aliphatic rings. The molecule has 1 amide bonds. The first-order chi connectivity index (χ1) is 10.5. The lowest BCUT2D eigenvalue weighted by Gasteiger charge is -2.32. The Bertz CT molecular complexity index is 515. The van der Waals surface area contributed by atoms with Crippen molar-refractivity contribution in [1.82, 2.24) is 4.90 Å². The number of carbonyl (C=O) groups is 2. The fraction of sp³-hybridized carbons (Fsp3) is 0.529. The van der Waals surface area contributed by atoms with Crippen LogP contribution in [0.4, 0.5) is 0 Å². The minimum Gasteiger partial charge on any atom is -0.481 e. The van der Waals surface area contributed by atoms with Gasteiger partial charge in [0.2, 0.25) is 5.91 Å². The van der Waals surface area contributed by atoms with E-state index in [4.69, 9.17) is 5.11 Å². The van der Waals surface area contributed by atoms with Crippen molar-refractivity contribution in [2.24, 2.45) is 5.92 Å². The van der Waals surface area contributed by atoms with Gasteiger partial charge in [-0.15, -0.1) is 11.8 Å².